The molecule has 2 aliphatic rings. The molecule has 0 aromatic carbocycles. The number of fused-ring (bicyclic) bond motifs is 1. The van der Waals surface area contributed by atoms with Gasteiger partial charge in [0, 0.05) is 6.04 Å². The van der Waals surface area contributed by atoms with Gasteiger partial charge in [-0.2, -0.15) is 4.98 Å². The topological polar surface area (TPSA) is 79.5 Å². The van der Waals surface area contributed by atoms with Crippen LogP contribution < -0.4 is 0 Å². The van der Waals surface area contributed by atoms with Crippen molar-refractivity contribution >= 4 is 17.3 Å². The lowest BCUT2D eigenvalue weighted by atomic mass is 9.85. The first-order valence-corrected chi connectivity index (χ1v) is 8.95. The zero-order valence-electron chi connectivity index (χ0n) is 12.7. The molecule has 3 unspecified atom stereocenters. The Morgan fingerprint density at radius 3 is 3.09 bits per heavy atom. The third kappa shape index (κ3) is 2.79. The molecule has 0 amide bonds. The van der Waals surface area contributed by atoms with E-state index in [4.69, 9.17) is 4.52 Å². The lowest BCUT2D eigenvalue weighted by molar-refractivity contribution is -0.143. The number of rotatable bonds is 4. The summed E-state index contributed by atoms with van der Waals surface area (Å²) < 4.78 is 5.37. The summed E-state index contributed by atoms with van der Waals surface area (Å²) in [4.78, 5) is 19.1. The van der Waals surface area contributed by atoms with Crippen molar-refractivity contribution in [1.29, 1.82) is 0 Å². The van der Waals surface area contributed by atoms with Crippen LogP contribution in [0.5, 0.6) is 0 Å². The molecule has 1 saturated heterocycles. The highest BCUT2D eigenvalue weighted by Crippen LogP contribution is 2.40. The van der Waals surface area contributed by atoms with Crippen molar-refractivity contribution in [3.05, 3.63) is 23.4 Å². The number of carboxylic acids is 1. The van der Waals surface area contributed by atoms with E-state index in [1.807, 2.05) is 17.5 Å². The number of carbonyl (C=O) groups is 1. The van der Waals surface area contributed by atoms with Crippen molar-refractivity contribution < 1.29 is 14.4 Å². The van der Waals surface area contributed by atoms with Crippen molar-refractivity contribution in [3.63, 3.8) is 0 Å². The Bertz CT molecular complexity index is 685. The summed E-state index contributed by atoms with van der Waals surface area (Å²) in [7, 11) is 0. The third-order valence-corrected chi connectivity index (χ3v) is 5.90. The Morgan fingerprint density at radius 2 is 2.30 bits per heavy atom. The predicted molar refractivity (Wildman–Crippen MR) is 84.9 cm³/mol. The van der Waals surface area contributed by atoms with E-state index in [9.17, 15) is 9.90 Å². The van der Waals surface area contributed by atoms with Crippen molar-refractivity contribution in [2.24, 2.45) is 5.92 Å². The molecule has 1 saturated carbocycles. The lowest BCUT2D eigenvalue weighted by Gasteiger charge is -2.31. The van der Waals surface area contributed by atoms with E-state index in [1.165, 1.54) is 12.8 Å². The number of hydrogen-bond donors (Lipinski definition) is 1. The van der Waals surface area contributed by atoms with E-state index in [1.54, 1.807) is 11.3 Å². The van der Waals surface area contributed by atoms with Crippen LogP contribution in [0, 0.1) is 5.92 Å². The van der Waals surface area contributed by atoms with Gasteiger partial charge in [-0.3, -0.25) is 9.69 Å². The van der Waals surface area contributed by atoms with E-state index in [0.717, 1.165) is 24.1 Å². The zero-order valence-corrected chi connectivity index (χ0v) is 13.5. The summed E-state index contributed by atoms with van der Waals surface area (Å²) in [5, 5.41) is 15.6. The molecule has 0 bridgehead atoms. The third-order valence-electron chi connectivity index (χ3n) is 5.03. The molecule has 122 valence electrons. The highest BCUT2D eigenvalue weighted by Gasteiger charge is 2.45. The standard InChI is InChI=1S/C16H19N3O3S/c20-16(21)12-8-10-4-1-2-5-11(10)19(12)9-14-17-15(18-22-14)13-6-3-7-23-13/h3,6-7,10-12H,1-2,4-5,8-9H2,(H,20,21). The Morgan fingerprint density at radius 1 is 1.43 bits per heavy atom. The zero-order chi connectivity index (χ0) is 15.8. The molecule has 7 heteroatoms. The molecule has 2 fully saturated rings. The van der Waals surface area contributed by atoms with Crippen LogP contribution in [0.3, 0.4) is 0 Å². The second-order valence-corrected chi connectivity index (χ2v) is 7.31. The summed E-state index contributed by atoms with van der Waals surface area (Å²) in [6, 6.07) is 3.80. The molecule has 1 aliphatic carbocycles. The highest BCUT2D eigenvalue weighted by molar-refractivity contribution is 7.13. The van der Waals surface area contributed by atoms with Crippen LogP contribution in [0.4, 0.5) is 0 Å². The van der Waals surface area contributed by atoms with Gasteiger partial charge in [0.05, 0.1) is 11.4 Å². The van der Waals surface area contributed by atoms with Gasteiger partial charge in [0.15, 0.2) is 0 Å². The van der Waals surface area contributed by atoms with Crippen LogP contribution in [-0.4, -0.2) is 38.2 Å². The Balaban J connectivity index is 1.55. The van der Waals surface area contributed by atoms with Gasteiger partial charge in [0.2, 0.25) is 11.7 Å². The van der Waals surface area contributed by atoms with E-state index >= 15 is 0 Å². The molecule has 3 atom stereocenters. The van der Waals surface area contributed by atoms with Crippen molar-refractivity contribution in [3.8, 4) is 10.7 Å². The molecule has 23 heavy (non-hydrogen) atoms. The lowest BCUT2D eigenvalue weighted by Crippen LogP contribution is -2.41. The Labute approximate surface area is 138 Å². The Kier molecular flexibility index (Phi) is 3.90. The van der Waals surface area contributed by atoms with E-state index in [-0.39, 0.29) is 0 Å². The number of nitrogens with zero attached hydrogens (tertiary/aromatic N) is 3. The smallest absolute Gasteiger partial charge is 0.320 e. The van der Waals surface area contributed by atoms with Gasteiger partial charge in [0.1, 0.15) is 6.04 Å². The van der Waals surface area contributed by atoms with Gasteiger partial charge in [-0.25, -0.2) is 0 Å². The minimum absolute atomic E-state index is 0.335. The molecule has 3 heterocycles. The van der Waals surface area contributed by atoms with Crippen molar-refractivity contribution in [2.45, 2.75) is 50.7 Å². The molecule has 0 spiro atoms. The van der Waals surface area contributed by atoms with Crippen LogP contribution in [-0.2, 0) is 11.3 Å². The molecular weight excluding hydrogens is 314 g/mol. The van der Waals surface area contributed by atoms with Gasteiger partial charge >= 0.3 is 5.97 Å². The number of thiophene rings is 1. The molecule has 0 radical (unpaired) electrons. The second-order valence-electron chi connectivity index (χ2n) is 6.36. The number of aliphatic carboxylic acids is 1. The van der Waals surface area contributed by atoms with E-state index in [0.29, 0.717) is 30.2 Å². The molecule has 1 N–H and O–H groups in total. The molecule has 1 aliphatic heterocycles. The molecular formula is C16H19N3O3S. The van der Waals surface area contributed by atoms with Gasteiger partial charge in [0.25, 0.3) is 0 Å². The van der Waals surface area contributed by atoms with Gasteiger partial charge in [-0.1, -0.05) is 24.1 Å². The first-order valence-electron chi connectivity index (χ1n) is 8.07. The largest absolute Gasteiger partial charge is 0.480 e. The average molecular weight is 333 g/mol. The van der Waals surface area contributed by atoms with E-state index < -0.39 is 12.0 Å². The van der Waals surface area contributed by atoms with Crippen LogP contribution in [0.2, 0.25) is 0 Å². The highest BCUT2D eigenvalue weighted by atomic mass is 32.1. The average Bonchev–Trinajstić information content (AvgIpc) is 3.26. The van der Waals surface area contributed by atoms with Crippen LogP contribution in [0.25, 0.3) is 10.7 Å². The minimum atomic E-state index is -0.739. The van der Waals surface area contributed by atoms with Crippen LogP contribution in [0.15, 0.2) is 22.0 Å². The monoisotopic (exact) mass is 333 g/mol. The Hall–Kier alpha value is -1.73. The first kappa shape index (κ1) is 14.8. The van der Waals surface area contributed by atoms with Crippen molar-refractivity contribution in [2.75, 3.05) is 0 Å². The summed E-state index contributed by atoms with van der Waals surface area (Å²) in [6.45, 7) is 0.427. The van der Waals surface area contributed by atoms with Crippen molar-refractivity contribution in [1.82, 2.24) is 15.0 Å². The maximum absolute atomic E-state index is 11.6. The molecule has 2 aromatic rings. The molecule has 4 rings (SSSR count). The molecule has 6 nitrogen and oxygen atoms in total. The van der Waals surface area contributed by atoms with Crippen LogP contribution >= 0.6 is 11.3 Å². The maximum Gasteiger partial charge on any atom is 0.320 e. The van der Waals surface area contributed by atoms with E-state index in [2.05, 4.69) is 15.0 Å². The summed E-state index contributed by atoms with van der Waals surface area (Å²) in [5.41, 5.74) is 0. The summed E-state index contributed by atoms with van der Waals surface area (Å²) in [6.07, 6.45) is 5.33. The fraction of sp³-hybridized carbons (Fsp3) is 0.562. The number of carboxylic acid groups (broad SMARTS) is 1. The summed E-state index contributed by atoms with van der Waals surface area (Å²) in [5.74, 6) is 0.842. The number of hydrogen-bond acceptors (Lipinski definition) is 6. The van der Waals surface area contributed by atoms with Gasteiger partial charge < -0.3 is 9.63 Å². The van der Waals surface area contributed by atoms with Gasteiger partial charge in [-0.05, 0) is 36.6 Å². The normalized spacial score (nSPS) is 27.9. The van der Waals surface area contributed by atoms with Crippen LogP contribution in [0.1, 0.15) is 38.0 Å². The number of aromatic nitrogens is 2. The first-order chi connectivity index (χ1) is 11.2. The van der Waals surface area contributed by atoms with Gasteiger partial charge in [-0.15, -0.1) is 11.3 Å². The predicted octanol–water partition coefficient (Wildman–Crippen LogP) is 3.02. The maximum atomic E-state index is 11.6. The number of likely N-dealkylation sites (tertiary alicyclic amines) is 1. The fourth-order valence-electron chi connectivity index (χ4n) is 4.00. The second kappa shape index (κ2) is 6.05. The summed E-state index contributed by atoms with van der Waals surface area (Å²) >= 11 is 1.56. The quantitative estimate of drug-likeness (QED) is 0.926. The minimum Gasteiger partial charge on any atom is -0.480 e. The molecule has 2 aromatic heterocycles. The SMILES string of the molecule is O=C(O)C1CC2CCCCC2N1Cc1nc(-c2cccs2)no1. The fourth-order valence-corrected chi connectivity index (χ4v) is 4.65.